The molecule has 29 heteroatoms. The van der Waals surface area contributed by atoms with Crippen molar-refractivity contribution in [1.82, 2.24) is 9.62 Å². The van der Waals surface area contributed by atoms with Gasteiger partial charge in [0, 0.05) is 63.8 Å². The molecule has 0 aromatic rings. The van der Waals surface area contributed by atoms with E-state index in [4.69, 9.17) is 66.3 Å². The van der Waals surface area contributed by atoms with Crippen LogP contribution in [0.25, 0.3) is 0 Å². The molecule has 8 aliphatic rings. The number of ether oxygens (including phenoxy) is 14. The van der Waals surface area contributed by atoms with Crippen LogP contribution in [0.3, 0.4) is 0 Å². The third-order valence-electron chi connectivity index (χ3n) is 24.8. The summed E-state index contributed by atoms with van der Waals surface area (Å²) in [5.41, 5.74) is -7.68. The van der Waals surface area contributed by atoms with Gasteiger partial charge in [-0.3, -0.25) is 9.59 Å². The van der Waals surface area contributed by atoms with Crippen LogP contribution >= 0.6 is 0 Å². The Kier molecular flexibility index (Phi) is 28.8. The largest absolute Gasteiger partial charge is 0.459 e. The molecular formula is C73H132N2O26S. The average molecular weight is 1490 g/mol. The second kappa shape index (κ2) is 33.7. The summed E-state index contributed by atoms with van der Waals surface area (Å²) in [4.78, 5) is 28.6. The average Bonchev–Trinajstić information content (AvgIpc) is 1.58. The van der Waals surface area contributed by atoms with Crippen LogP contribution in [0.15, 0.2) is 0 Å². The van der Waals surface area contributed by atoms with Crippen LogP contribution in [0.2, 0.25) is 0 Å². The molecular weight excluding hydrogens is 1350 g/mol. The fourth-order valence-electron chi connectivity index (χ4n) is 18.3. The number of nitrogens with zero attached hydrogens (tertiary/aromatic N) is 1. The van der Waals surface area contributed by atoms with Gasteiger partial charge in [0.2, 0.25) is 10.0 Å². The number of cyclic esters (lactones) is 2. The number of rotatable bonds is 19. The van der Waals surface area contributed by atoms with Gasteiger partial charge in [-0.25, -0.2) is 8.42 Å². The van der Waals surface area contributed by atoms with Crippen molar-refractivity contribution in [2.45, 2.75) is 371 Å². The maximum Gasteiger partial charge on any atom is 0.311 e. The fraction of sp³-hybridized carbons (Fsp3) is 0.973. The van der Waals surface area contributed by atoms with Gasteiger partial charge in [-0.15, -0.1) is 0 Å². The van der Waals surface area contributed by atoms with Crippen LogP contribution < -0.4 is 5.32 Å². The summed E-state index contributed by atoms with van der Waals surface area (Å²) in [6.45, 7) is 35.9. The van der Waals surface area contributed by atoms with Crippen LogP contribution in [0.1, 0.15) is 190 Å². The molecule has 0 amide bonds. The molecule has 38 atom stereocenters. The highest BCUT2D eigenvalue weighted by molar-refractivity contribution is 7.88. The molecule has 0 aliphatic carbocycles. The van der Waals surface area contributed by atoms with E-state index in [1.807, 2.05) is 55.4 Å². The standard InChI is InChI=1S/C37H67NO14S.C36H65NO12/c1-14-25(39)37(10,43)32-20(4)28-18(2)16-36(9,52-28)31(51-34-27(40)24(15-19(3)47-34)38(11)53(13,44)45)21(5)29(22(6)33(42)50-32)49-26-17-35(8,46-12)30(41)23(7)48-26;1-13-24(38)36(10,42)31-19(4)27-17(2)15-35(9,49-27)30(48-33-26(39)23(37-11)14-18(3)44-33)20(5)28(21(6)32(41)47-31)46-25-16-34(8,43-12)29(40)22(7)45-25/h18-32,34,39-41,43H,14-17H2,1-13H3;17-31,33,37-40,42H,13-16H2,1-12H3/t18?,19?,20-,21-,22+,23?,24?,25+,26-,27?,28?,29-,30-,31+,32+,34-,35?,36-,37+;17?,18?,19-,20-,21+,22?,23?,24+,25-,26?,27?,28-,29-,30+,31+,33-,34?,35-,36+/m00/s1. The van der Waals surface area contributed by atoms with E-state index in [1.54, 1.807) is 69.4 Å². The number of likely N-dealkylation sites (N-methyl/N-ethyl adjacent to an activating group) is 2. The third-order valence-corrected chi connectivity index (χ3v) is 26.1. The summed E-state index contributed by atoms with van der Waals surface area (Å²) in [6.07, 6.45) is -15.9. The predicted octanol–water partition coefficient (Wildman–Crippen LogP) is 4.23. The summed E-state index contributed by atoms with van der Waals surface area (Å²) in [5, 5.41) is 93.5. The molecule has 0 radical (unpaired) electrons. The van der Waals surface area contributed by atoms with Crippen molar-refractivity contribution >= 4 is 22.0 Å². The van der Waals surface area contributed by atoms with Crippen LogP contribution in [-0.2, 0) is 85.9 Å². The number of carbonyl (C=O) groups is 2. The Balaban J connectivity index is 0.000000287. The number of nitrogens with one attached hydrogen (secondary N) is 1. The van der Waals surface area contributed by atoms with Crippen LogP contribution in [0.5, 0.6) is 0 Å². The highest BCUT2D eigenvalue weighted by Gasteiger charge is 2.62. The van der Waals surface area contributed by atoms with Crippen molar-refractivity contribution in [2.24, 2.45) is 47.3 Å². The van der Waals surface area contributed by atoms with E-state index in [0.717, 1.165) is 10.6 Å². The number of methoxy groups -OCH3 is 2. The number of hydrogen-bond donors (Lipinski definition) is 9. The molecule has 596 valence electrons. The van der Waals surface area contributed by atoms with Crippen molar-refractivity contribution in [2.75, 3.05) is 34.6 Å². The van der Waals surface area contributed by atoms with Gasteiger partial charge in [-0.1, -0.05) is 55.4 Å². The number of aliphatic hydroxyl groups is 8. The molecule has 8 fully saturated rings. The van der Waals surface area contributed by atoms with E-state index in [1.165, 1.54) is 35.1 Å². The van der Waals surface area contributed by atoms with Crippen LogP contribution in [0.4, 0.5) is 0 Å². The van der Waals surface area contributed by atoms with Crippen molar-refractivity contribution in [3.8, 4) is 0 Å². The lowest BCUT2D eigenvalue weighted by Crippen LogP contribution is -2.60. The molecule has 8 rings (SSSR count). The molecule has 0 aromatic heterocycles. The van der Waals surface area contributed by atoms with E-state index < -0.39 is 226 Å². The van der Waals surface area contributed by atoms with Crippen molar-refractivity contribution in [3.05, 3.63) is 0 Å². The van der Waals surface area contributed by atoms with E-state index in [-0.39, 0.29) is 56.1 Å². The molecule has 14 unspecified atom stereocenters. The quantitative estimate of drug-likeness (QED) is 0.0817. The van der Waals surface area contributed by atoms with E-state index in [9.17, 15) is 58.9 Å². The van der Waals surface area contributed by atoms with Gasteiger partial charge in [-0.05, 0) is 140 Å². The summed E-state index contributed by atoms with van der Waals surface area (Å²) in [6, 6.07) is -1.11. The minimum atomic E-state index is -3.68. The molecule has 8 aliphatic heterocycles. The van der Waals surface area contributed by atoms with E-state index >= 15 is 0 Å². The first-order valence-corrected chi connectivity index (χ1v) is 39.2. The van der Waals surface area contributed by atoms with Gasteiger partial charge in [0.05, 0.1) is 120 Å². The maximum atomic E-state index is 14.3. The Morgan fingerprint density at radius 2 is 0.941 bits per heavy atom. The first kappa shape index (κ1) is 87.2. The number of sulfonamides is 1. The Bertz CT molecular complexity index is 2850. The second-order valence-electron chi connectivity index (χ2n) is 33.2. The van der Waals surface area contributed by atoms with Gasteiger partial charge < -0.3 is 112 Å². The molecule has 8 heterocycles. The van der Waals surface area contributed by atoms with Crippen LogP contribution in [-0.4, -0.2) is 281 Å². The first-order valence-electron chi connectivity index (χ1n) is 37.3. The topological polar surface area (TPSA) is 375 Å². The summed E-state index contributed by atoms with van der Waals surface area (Å²) < 4.78 is 116. The van der Waals surface area contributed by atoms with Gasteiger partial charge >= 0.3 is 11.9 Å². The fourth-order valence-corrected chi connectivity index (χ4v) is 19.0. The Labute approximate surface area is 606 Å². The van der Waals surface area contributed by atoms with Gasteiger partial charge in [-0.2, -0.15) is 4.31 Å². The lowest BCUT2D eigenvalue weighted by atomic mass is 9.76. The predicted molar refractivity (Wildman–Crippen MR) is 372 cm³/mol. The van der Waals surface area contributed by atoms with Gasteiger partial charge in [0.1, 0.15) is 47.8 Å². The minimum Gasteiger partial charge on any atom is -0.459 e. The zero-order chi connectivity index (χ0) is 77.0. The second-order valence-corrected chi connectivity index (χ2v) is 35.2. The van der Waals surface area contributed by atoms with Crippen molar-refractivity contribution in [3.63, 3.8) is 0 Å². The lowest BCUT2D eigenvalue weighted by Gasteiger charge is -2.48. The zero-order valence-electron chi connectivity index (χ0n) is 65.4. The number of fused-ring (bicyclic) bond motifs is 4. The smallest absolute Gasteiger partial charge is 0.311 e. The molecule has 9 N–H and O–H groups in total. The normalized spacial score (nSPS) is 48.9. The number of hydrogen-bond acceptors (Lipinski definition) is 27. The SMILES string of the molecule is CC[C@@H](O)[C@@](C)(O)[C@@H]1OC(=O)[C@H](C)[C@@H](O[C@H]2CC(C)(OC)[C@@H](O)C(C)O2)[C@H](C)[C@@H](O[C@@H]2OC(C)CC(N(C)S(C)(=O)=O)C2O)[C@]2(C)CC(C)C(O2)[C@@H]1C.CC[C@@H](O)[C@@](C)(O)[C@@H]1OC(=O)[C@H](C)[C@@H](O[C@H]2CC(C)(OC)[C@@H](O)C(C)O2)[C@H](C)[C@@H](O[C@@H]2OC(C)CC(NC)C2O)[C@]2(C)CC(C)C(O2)[C@@H]1C. The Morgan fingerprint density at radius 1 is 0.578 bits per heavy atom. The third kappa shape index (κ3) is 18.1. The van der Waals surface area contributed by atoms with Crippen molar-refractivity contribution < 1.29 is 125 Å². The maximum absolute atomic E-state index is 14.3. The molecule has 0 saturated carbocycles. The van der Waals surface area contributed by atoms with Crippen molar-refractivity contribution in [1.29, 1.82) is 0 Å². The van der Waals surface area contributed by atoms with Gasteiger partial charge in [0.15, 0.2) is 25.2 Å². The molecule has 0 aromatic carbocycles. The Hall–Kier alpha value is -1.99. The summed E-state index contributed by atoms with van der Waals surface area (Å²) in [5.74, 6) is -5.80. The summed E-state index contributed by atoms with van der Waals surface area (Å²) in [7, 11) is 2.55. The molecule has 4 bridgehead atoms. The first-order chi connectivity index (χ1) is 47.1. The number of esters is 2. The molecule has 0 spiro atoms. The van der Waals surface area contributed by atoms with E-state index in [0.29, 0.717) is 19.3 Å². The zero-order valence-corrected chi connectivity index (χ0v) is 66.2. The van der Waals surface area contributed by atoms with Crippen LogP contribution in [0, 0.1) is 47.3 Å². The molecule has 102 heavy (non-hydrogen) atoms. The molecule has 8 saturated heterocycles. The highest BCUT2D eigenvalue weighted by atomic mass is 32.2. The minimum absolute atomic E-state index is 0.0575. The molecule has 28 nitrogen and oxygen atoms in total. The highest BCUT2D eigenvalue weighted by Crippen LogP contribution is 2.52. The van der Waals surface area contributed by atoms with Gasteiger partial charge in [0.25, 0.3) is 0 Å². The lowest BCUT2D eigenvalue weighted by molar-refractivity contribution is -0.317. The monoisotopic (exact) mass is 1480 g/mol. The summed E-state index contributed by atoms with van der Waals surface area (Å²) >= 11 is 0. The van der Waals surface area contributed by atoms with E-state index in [2.05, 4.69) is 12.2 Å². The Morgan fingerprint density at radius 3 is 1.28 bits per heavy atom. The number of carbonyl (C=O) groups excluding carboxylic acids is 2. The number of aliphatic hydroxyl groups excluding tert-OH is 6.